The van der Waals surface area contributed by atoms with Gasteiger partial charge in [0.2, 0.25) is 0 Å². The van der Waals surface area contributed by atoms with Crippen LogP contribution in [0.4, 0.5) is 4.39 Å². The van der Waals surface area contributed by atoms with Gasteiger partial charge in [-0.25, -0.2) is 4.39 Å². The first-order valence-corrected chi connectivity index (χ1v) is 6.38. The zero-order valence-electron chi connectivity index (χ0n) is 8.58. The normalized spacial score (nSPS) is 12.8. The van der Waals surface area contributed by atoms with Gasteiger partial charge in [-0.05, 0) is 46.6 Å². The average Bonchev–Trinajstić information content (AvgIpc) is 2.59. The second-order valence-electron chi connectivity index (χ2n) is 3.51. The average molecular weight is 301 g/mol. The Labute approximate surface area is 106 Å². The molecule has 1 aromatic carbocycles. The number of aliphatic hydroxyl groups excluding tert-OH is 1. The van der Waals surface area contributed by atoms with Gasteiger partial charge >= 0.3 is 0 Å². The van der Waals surface area contributed by atoms with E-state index in [2.05, 4.69) is 15.9 Å². The fourth-order valence-corrected chi connectivity index (χ4v) is 3.00. The van der Waals surface area contributed by atoms with Crippen LogP contribution >= 0.6 is 27.3 Å². The molecule has 1 heterocycles. The smallest absolute Gasteiger partial charge is 0.123 e. The summed E-state index contributed by atoms with van der Waals surface area (Å²) in [4.78, 5) is 1.98. The van der Waals surface area contributed by atoms with Crippen LogP contribution in [0.3, 0.4) is 0 Å². The van der Waals surface area contributed by atoms with Crippen molar-refractivity contribution in [2.24, 2.45) is 0 Å². The van der Waals surface area contributed by atoms with Crippen molar-refractivity contribution in [2.75, 3.05) is 0 Å². The molecule has 1 aromatic heterocycles. The van der Waals surface area contributed by atoms with Gasteiger partial charge in [0, 0.05) is 14.2 Å². The minimum Gasteiger partial charge on any atom is -0.383 e. The molecule has 0 aliphatic carbocycles. The molecule has 0 fully saturated rings. The molecule has 0 amide bonds. The SMILES string of the molecule is Cc1sc(C(O)c2ccc(F)cc2)cc1Br. The van der Waals surface area contributed by atoms with Crippen molar-refractivity contribution >= 4 is 27.3 Å². The fourth-order valence-electron chi connectivity index (χ4n) is 1.43. The standard InChI is InChI=1S/C12H10BrFOS/c1-7-10(13)6-11(16-7)12(15)8-2-4-9(14)5-3-8/h2-6,12,15H,1H3. The van der Waals surface area contributed by atoms with Gasteiger partial charge in [0.1, 0.15) is 11.9 Å². The highest BCUT2D eigenvalue weighted by atomic mass is 79.9. The van der Waals surface area contributed by atoms with Crippen LogP contribution in [0, 0.1) is 12.7 Å². The Morgan fingerprint density at radius 1 is 1.31 bits per heavy atom. The number of rotatable bonds is 2. The van der Waals surface area contributed by atoms with Crippen molar-refractivity contribution < 1.29 is 9.50 Å². The van der Waals surface area contributed by atoms with Crippen LogP contribution in [0.25, 0.3) is 0 Å². The predicted molar refractivity (Wildman–Crippen MR) is 67.2 cm³/mol. The summed E-state index contributed by atoms with van der Waals surface area (Å²) in [5, 5.41) is 10.1. The van der Waals surface area contributed by atoms with Crippen LogP contribution in [0.5, 0.6) is 0 Å². The lowest BCUT2D eigenvalue weighted by Crippen LogP contribution is -1.96. The molecule has 4 heteroatoms. The molecule has 1 unspecified atom stereocenters. The molecule has 84 valence electrons. The van der Waals surface area contributed by atoms with Gasteiger partial charge in [-0.2, -0.15) is 0 Å². The molecule has 2 aromatic rings. The van der Waals surface area contributed by atoms with Gasteiger partial charge in [0.15, 0.2) is 0 Å². The van der Waals surface area contributed by atoms with Gasteiger partial charge in [-0.3, -0.25) is 0 Å². The molecule has 0 radical (unpaired) electrons. The Kier molecular flexibility index (Phi) is 3.42. The van der Waals surface area contributed by atoms with E-state index >= 15 is 0 Å². The zero-order chi connectivity index (χ0) is 11.7. The molecule has 1 nitrogen and oxygen atoms in total. The lowest BCUT2D eigenvalue weighted by Gasteiger charge is -2.08. The van der Waals surface area contributed by atoms with E-state index in [1.807, 2.05) is 13.0 Å². The maximum atomic E-state index is 12.7. The number of aryl methyl sites for hydroxylation is 1. The van der Waals surface area contributed by atoms with E-state index < -0.39 is 6.10 Å². The molecule has 0 aliphatic rings. The molecule has 16 heavy (non-hydrogen) atoms. The van der Waals surface area contributed by atoms with E-state index in [1.165, 1.54) is 23.5 Å². The molecule has 0 bridgehead atoms. The maximum Gasteiger partial charge on any atom is 0.123 e. The van der Waals surface area contributed by atoms with E-state index in [1.54, 1.807) is 12.1 Å². The van der Waals surface area contributed by atoms with Gasteiger partial charge in [-0.1, -0.05) is 12.1 Å². The summed E-state index contributed by atoms with van der Waals surface area (Å²) in [7, 11) is 0. The molecule has 2 rings (SSSR count). The Morgan fingerprint density at radius 3 is 2.44 bits per heavy atom. The maximum absolute atomic E-state index is 12.7. The molecule has 0 spiro atoms. The van der Waals surface area contributed by atoms with E-state index in [4.69, 9.17) is 0 Å². The summed E-state index contributed by atoms with van der Waals surface area (Å²) in [5.41, 5.74) is 0.704. The topological polar surface area (TPSA) is 20.2 Å². The number of hydrogen-bond acceptors (Lipinski definition) is 2. The second kappa shape index (κ2) is 4.65. The van der Waals surface area contributed by atoms with Crippen LogP contribution < -0.4 is 0 Å². The van der Waals surface area contributed by atoms with Crippen molar-refractivity contribution in [1.82, 2.24) is 0 Å². The third kappa shape index (κ3) is 2.34. The van der Waals surface area contributed by atoms with Gasteiger partial charge < -0.3 is 5.11 Å². The number of halogens is 2. The summed E-state index contributed by atoms with van der Waals surface area (Å²) in [5.74, 6) is -0.292. The Morgan fingerprint density at radius 2 is 1.94 bits per heavy atom. The largest absolute Gasteiger partial charge is 0.383 e. The Balaban J connectivity index is 2.31. The van der Waals surface area contributed by atoms with Crippen LogP contribution in [0.2, 0.25) is 0 Å². The number of aliphatic hydroxyl groups is 1. The van der Waals surface area contributed by atoms with Crippen molar-refractivity contribution in [3.05, 3.63) is 55.9 Å². The number of hydrogen-bond donors (Lipinski definition) is 1. The van der Waals surface area contributed by atoms with Crippen LogP contribution in [0.1, 0.15) is 21.4 Å². The Bertz CT molecular complexity index is 473. The van der Waals surface area contributed by atoms with E-state index in [0.29, 0.717) is 5.56 Å². The highest BCUT2D eigenvalue weighted by molar-refractivity contribution is 9.10. The third-order valence-electron chi connectivity index (χ3n) is 2.33. The minimum absolute atomic E-state index is 0.292. The Hall–Kier alpha value is -0.710. The monoisotopic (exact) mass is 300 g/mol. The molecular weight excluding hydrogens is 291 g/mol. The van der Waals surface area contributed by atoms with Crippen LogP contribution in [-0.2, 0) is 0 Å². The summed E-state index contributed by atoms with van der Waals surface area (Å²) in [6.45, 7) is 1.98. The number of benzene rings is 1. The second-order valence-corrected chi connectivity index (χ2v) is 5.65. The highest BCUT2D eigenvalue weighted by Gasteiger charge is 2.14. The zero-order valence-corrected chi connectivity index (χ0v) is 11.0. The first kappa shape index (κ1) is 11.8. The van der Waals surface area contributed by atoms with Crippen molar-refractivity contribution in [2.45, 2.75) is 13.0 Å². The summed E-state index contributed by atoms with van der Waals surface area (Å²) in [6.07, 6.45) is -0.685. The molecular formula is C12H10BrFOS. The third-order valence-corrected chi connectivity index (χ3v) is 4.52. The number of thiophene rings is 1. The highest BCUT2D eigenvalue weighted by Crippen LogP contribution is 2.33. The predicted octanol–water partition coefficient (Wildman–Crippen LogP) is 4.04. The summed E-state index contributed by atoms with van der Waals surface area (Å²) in [6, 6.07) is 7.81. The first-order valence-electron chi connectivity index (χ1n) is 4.77. The van der Waals surface area contributed by atoms with E-state index in [-0.39, 0.29) is 5.82 Å². The van der Waals surface area contributed by atoms with Crippen LogP contribution in [-0.4, -0.2) is 5.11 Å². The summed E-state index contributed by atoms with van der Waals surface area (Å²) < 4.78 is 13.7. The van der Waals surface area contributed by atoms with Crippen molar-refractivity contribution in [3.63, 3.8) is 0 Å². The molecule has 0 aliphatic heterocycles. The quantitative estimate of drug-likeness (QED) is 0.887. The van der Waals surface area contributed by atoms with Gasteiger partial charge in [-0.15, -0.1) is 11.3 Å². The molecule has 0 saturated heterocycles. The van der Waals surface area contributed by atoms with Gasteiger partial charge in [0.25, 0.3) is 0 Å². The van der Waals surface area contributed by atoms with Crippen LogP contribution in [0.15, 0.2) is 34.8 Å². The lowest BCUT2D eigenvalue weighted by atomic mass is 10.1. The summed E-state index contributed by atoms with van der Waals surface area (Å²) >= 11 is 4.94. The van der Waals surface area contributed by atoms with Gasteiger partial charge in [0.05, 0.1) is 0 Å². The molecule has 1 atom stereocenters. The van der Waals surface area contributed by atoms with E-state index in [9.17, 15) is 9.50 Å². The molecule has 1 N–H and O–H groups in total. The first-order chi connectivity index (χ1) is 7.58. The van der Waals surface area contributed by atoms with E-state index in [0.717, 1.165) is 14.2 Å². The molecule has 0 saturated carbocycles. The lowest BCUT2D eigenvalue weighted by molar-refractivity contribution is 0.224. The van der Waals surface area contributed by atoms with Crippen molar-refractivity contribution in [3.8, 4) is 0 Å². The minimum atomic E-state index is -0.685. The fraction of sp³-hybridized carbons (Fsp3) is 0.167. The van der Waals surface area contributed by atoms with Crippen molar-refractivity contribution in [1.29, 1.82) is 0 Å².